The molecule has 0 amide bonds. The molecule has 8 nitrogen and oxygen atoms in total. The van der Waals surface area contributed by atoms with Crippen molar-refractivity contribution >= 4 is 10.4 Å². The van der Waals surface area contributed by atoms with Crippen LogP contribution in [-0.4, -0.2) is 59.0 Å². The summed E-state index contributed by atoms with van der Waals surface area (Å²) in [5, 5.41) is 13.7. The summed E-state index contributed by atoms with van der Waals surface area (Å²) >= 11 is 0. The average Bonchev–Trinajstić information content (AvgIpc) is 3.27. The lowest BCUT2D eigenvalue weighted by Crippen LogP contribution is -2.01. The number of halogens is 4. The molecular weight excluding hydrogens is 464 g/mol. The van der Waals surface area contributed by atoms with Crippen LogP contribution in [0.2, 0.25) is 0 Å². The number of rotatable bonds is 2. The monoisotopic (exact) mass is 514 g/mol. The van der Waals surface area contributed by atoms with E-state index in [-0.39, 0.29) is 7.43 Å². The maximum absolute atomic E-state index is 10.7. The minimum atomic E-state index is -4.80. The van der Waals surface area contributed by atoms with Crippen LogP contribution in [0.25, 0.3) is 0 Å². The predicted octanol–water partition coefficient (Wildman–Crippen LogP) is 5.40. The van der Waals surface area contributed by atoms with Crippen LogP contribution in [0.4, 0.5) is 17.7 Å². The first-order chi connectivity index (χ1) is 14.6. The lowest BCUT2D eigenvalue weighted by molar-refractivity contribution is -0.589. The maximum atomic E-state index is 10.7. The lowest BCUT2D eigenvalue weighted by Gasteiger charge is -2.00. The second-order valence-corrected chi connectivity index (χ2v) is 5.57. The Morgan fingerprint density at radius 3 is 1.03 bits per heavy atom. The molecule has 0 saturated carbocycles. The second-order valence-electron chi connectivity index (χ2n) is 4.52. The van der Waals surface area contributed by atoms with Crippen LogP contribution in [0.3, 0.4) is 0 Å². The number of hydrogen-bond donors (Lipinski definition) is 1. The first-order valence-electron chi connectivity index (χ1n) is 9.65. The fraction of sp³-hybridized carbons (Fsp3) is 1.00. The molecule has 1 aliphatic rings. The highest BCUT2D eigenvalue weighted by molar-refractivity contribution is 7.80. The van der Waals surface area contributed by atoms with Gasteiger partial charge in [0, 0.05) is 0 Å². The van der Waals surface area contributed by atoms with Gasteiger partial charge in [0.05, 0.1) is 20.4 Å². The fourth-order valence-corrected chi connectivity index (χ4v) is 0.458. The van der Waals surface area contributed by atoms with Gasteiger partial charge in [0.2, 0.25) is 17.3 Å². The van der Waals surface area contributed by atoms with Crippen molar-refractivity contribution in [1.29, 1.82) is 0 Å². The molecule has 13 heteroatoms. The third-order valence-electron chi connectivity index (χ3n) is 0.728. The van der Waals surface area contributed by atoms with Gasteiger partial charge < -0.3 is 29.0 Å². The van der Waals surface area contributed by atoms with Gasteiger partial charge in [0.25, 0.3) is 0 Å². The number of aliphatic hydroxyl groups is 1. The van der Waals surface area contributed by atoms with Gasteiger partial charge in [0.1, 0.15) is 6.79 Å². The largest absolute Gasteiger partial charge is 0.725 e. The number of alkyl halides is 3. The molecule has 1 saturated heterocycles. The van der Waals surface area contributed by atoms with E-state index in [1.807, 2.05) is 0 Å². The summed E-state index contributed by atoms with van der Waals surface area (Å²) in [5.74, 6) is 0. The number of ether oxygens (including phenoxy) is 2. The van der Waals surface area contributed by atoms with Crippen LogP contribution in [0.1, 0.15) is 88.5 Å². The van der Waals surface area contributed by atoms with Gasteiger partial charge in [-0.05, 0) is 0 Å². The van der Waals surface area contributed by atoms with E-state index < -0.39 is 24.1 Å². The lowest BCUT2D eigenvalue weighted by atomic mass is 10.6. The third kappa shape index (κ3) is 335. The highest BCUT2D eigenvalue weighted by Gasteiger charge is 1.93. The Labute approximate surface area is 195 Å². The van der Waals surface area contributed by atoms with Crippen molar-refractivity contribution in [3.05, 3.63) is 0 Å². The quantitative estimate of drug-likeness (QED) is 0.294. The summed E-state index contributed by atoms with van der Waals surface area (Å²) in [6.07, 6.45) is 5.00. The van der Waals surface area contributed by atoms with E-state index in [1.54, 1.807) is 0 Å². The molecule has 1 aliphatic heterocycles. The Morgan fingerprint density at radius 2 is 1.00 bits per heavy atom. The Hall–Kier alpha value is -0.570. The molecular formula is C19H50F4O8S-2. The summed E-state index contributed by atoms with van der Waals surface area (Å²) in [4.78, 5) is 0. The highest BCUT2D eigenvalue weighted by atomic mass is 32.3. The predicted molar refractivity (Wildman–Crippen MR) is 120 cm³/mol. The second kappa shape index (κ2) is 86.8. The molecule has 0 bridgehead atoms. The molecule has 1 rings (SSSR count). The smallest absolute Gasteiger partial charge is 0.220 e. The van der Waals surface area contributed by atoms with Gasteiger partial charge in [0.15, 0.2) is 6.86 Å². The molecule has 1 fully saturated rings. The molecule has 210 valence electrons. The minimum absolute atomic E-state index is 0. The standard InChI is InChI=1S/C3H6O2.4C3H8.CH3FO4S.CH3FO.CH3F.CH4.FO/c1-2-5-3-4-1;4*1-3-2;2-1-6-7(3,4)5;2-1-3;1-2;;1-2/h1-3H2;4*3H2,1-2H3;1H2,(H,3,4,5);3H,1H2;1H3;1H4;/q;;;;;;;;;-1/p-1. The molecule has 0 aliphatic carbocycles. The van der Waals surface area contributed by atoms with Crippen molar-refractivity contribution in [2.24, 2.45) is 0 Å². The minimum Gasteiger partial charge on any atom is -0.725 e. The van der Waals surface area contributed by atoms with Crippen LogP contribution >= 0.6 is 0 Å². The van der Waals surface area contributed by atoms with E-state index in [0.717, 1.165) is 13.2 Å². The Morgan fingerprint density at radius 1 is 0.812 bits per heavy atom. The topological polar surface area (TPSA) is 128 Å². The Balaban J connectivity index is -0.0000000275. The summed E-state index contributed by atoms with van der Waals surface area (Å²) in [5.41, 5.74) is 0. The van der Waals surface area contributed by atoms with Crippen molar-refractivity contribution in [2.75, 3.05) is 40.9 Å². The van der Waals surface area contributed by atoms with E-state index >= 15 is 0 Å². The number of aliphatic hydroxyl groups excluding tert-OH is 1. The zero-order valence-electron chi connectivity index (χ0n) is 20.6. The van der Waals surface area contributed by atoms with Crippen LogP contribution < -0.4 is 5.31 Å². The molecule has 32 heavy (non-hydrogen) atoms. The molecule has 1 heterocycles. The zero-order valence-corrected chi connectivity index (χ0v) is 21.4. The molecule has 0 spiro atoms. The van der Waals surface area contributed by atoms with Crippen molar-refractivity contribution in [1.82, 2.24) is 0 Å². The van der Waals surface area contributed by atoms with E-state index in [9.17, 15) is 26.1 Å². The molecule has 0 aromatic carbocycles. The third-order valence-corrected chi connectivity index (χ3v) is 1.11. The first kappa shape index (κ1) is 57.8. The van der Waals surface area contributed by atoms with E-state index in [0.29, 0.717) is 14.0 Å². The van der Waals surface area contributed by atoms with Crippen LogP contribution in [0, 0.1) is 0 Å². The fourth-order valence-electron chi connectivity index (χ4n) is 0.349. The van der Waals surface area contributed by atoms with Gasteiger partial charge in [-0.2, -0.15) is 0 Å². The van der Waals surface area contributed by atoms with Gasteiger partial charge >= 0.3 is 0 Å². The summed E-state index contributed by atoms with van der Waals surface area (Å²) in [6, 6.07) is 0. The first-order valence-corrected chi connectivity index (χ1v) is 11.0. The molecule has 0 radical (unpaired) electrons. The normalized spacial score (nSPS) is 9.50. The molecule has 0 aromatic rings. The van der Waals surface area contributed by atoms with Gasteiger partial charge in [-0.15, -0.1) is 0 Å². The average molecular weight is 515 g/mol. The van der Waals surface area contributed by atoms with Gasteiger partial charge in [-0.25, -0.2) is 21.4 Å². The summed E-state index contributed by atoms with van der Waals surface area (Å²) < 4.78 is 78.3. The molecule has 0 unspecified atom stereocenters. The summed E-state index contributed by atoms with van der Waals surface area (Å²) in [6.45, 7) is 16.2. The van der Waals surface area contributed by atoms with E-state index in [4.69, 9.17) is 24.4 Å². The van der Waals surface area contributed by atoms with Gasteiger partial charge in [-0.1, -0.05) is 88.5 Å². The molecule has 0 aromatic heterocycles. The van der Waals surface area contributed by atoms with Crippen molar-refractivity contribution < 1.29 is 54.7 Å². The van der Waals surface area contributed by atoms with Crippen LogP contribution in [-0.2, 0) is 24.1 Å². The van der Waals surface area contributed by atoms with Crippen LogP contribution in [0.5, 0.6) is 0 Å². The van der Waals surface area contributed by atoms with Gasteiger partial charge in [-0.3, -0.25) is 4.39 Å². The highest BCUT2D eigenvalue weighted by Crippen LogP contribution is 1.86. The molecule has 1 N–H and O–H groups in total. The number of hydrogen-bond acceptors (Lipinski definition) is 8. The van der Waals surface area contributed by atoms with Crippen LogP contribution in [0.15, 0.2) is 0 Å². The summed E-state index contributed by atoms with van der Waals surface area (Å²) in [7, 11) is -4.30. The maximum Gasteiger partial charge on any atom is 0.220 e. The van der Waals surface area contributed by atoms with Crippen molar-refractivity contribution in [2.45, 2.75) is 88.5 Å². The van der Waals surface area contributed by atoms with E-state index in [2.05, 4.69) is 59.6 Å². The Bertz CT molecular complexity index is 255. The zero-order chi connectivity index (χ0) is 27.0. The molecule has 0 atom stereocenters. The Kier molecular flexibility index (Phi) is 157. The van der Waals surface area contributed by atoms with E-state index in [1.165, 1.54) is 25.7 Å². The SMILES string of the molecule is C.C1COCO1.CCC.CCC.CCC.CCC.CF.O=S(=O)([O-])OCF.OCF.[O-]F. The van der Waals surface area contributed by atoms with Crippen molar-refractivity contribution in [3.8, 4) is 0 Å². The van der Waals surface area contributed by atoms with Crippen molar-refractivity contribution in [3.63, 3.8) is 0 Å².